The Morgan fingerprint density at radius 1 is 1.14 bits per heavy atom. The van der Waals surface area contributed by atoms with Crippen LogP contribution >= 0.6 is 0 Å². The average molecular weight is 295 g/mol. The van der Waals surface area contributed by atoms with Gasteiger partial charge in [0.05, 0.1) is 5.60 Å². The van der Waals surface area contributed by atoms with E-state index in [1.807, 2.05) is 19.9 Å². The van der Waals surface area contributed by atoms with Gasteiger partial charge in [0.25, 0.3) is 0 Å². The third-order valence-electron chi connectivity index (χ3n) is 3.86. The highest BCUT2D eigenvalue weighted by Gasteiger charge is 2.23. The maximum atomic E-state index is 13.2. The van der Waals surface area contributed by atoms with E-state index in [9.17, 15) is 9.50 Å². The molecule has 0 bridgehead atoms. The van der Waals surface area contributed by atoms with E-state index in [0.29, 0.717) is 13.1 Å². The lowest BCUT2D eigenvalue weighted by Gasteiger charge is -2.37. The molecular formula is C16H26FN3O. The van der Waals surface area contributed by atoms with Crippen LogP contribution in [-0.2, 0) is 13.1 Å². The number of hydrogen-bond acceptors (Lipinski definition) is 4. The zero-order chi connectivity index (χ0) is 15.5. The molecule has 1 aliphatic rings. The molecule has 1 heterocycles. The maximum Gasteiger partial charge on any atom is 0.123 e. The van der Waals surface area contributed by atoms with Gasteiger partial charge in [-0.05, 0) is 37.1 Å². The molecule has 1 saturated heterocycles. The molecule has 2 rings (SSSR count). The summed E-state index contributed by atoms with van der Waals surface area (Å²) in [4.78, 5) is 4.64. The van der Waals surface area contributed by atoms with E-state index < -0.39 is 5.60 Å². The highest BCUT2D eigenvalue weighted by molar-refractivity contribution is 5.27. The van der Waals surface area contributed by atoms with Crippen molar-refractivity contribution in [2.45, 2.75) is 32.5 Å². The highest BCUT2D eigenvalue weighted by atomic mass is 19.1. The van der Waals surface area contributed by atoms with E-state index in [4.69, 9.17) is 5.73 Å². The van der Waals surface area contributed by atoms with Crippen LogP contribution in [0.3, 0.4) is 0 Å². The molecule has 0 atom stereocenters. The second-order valence-electron chi connectivity index (χ2n) is 6.48. The van der Waals surface area contributed by atoms with Crippen LogP contribution in [0.2, 0.25) is 0 Å². The van der Waals surface area contributed by atoms with Crippen molar-refractivity contribution in [1.29, 1.82) is 0 Å². The van der Waals surface area contributed by atoms with E-state index in [1.54, 1.807) is 0 Å². The van der Waals surface area contributed by atoms with Gasteiger partial charge in [0.2, 0.25) is 0 Å². The van der Waals surface area contributed by atoms with Gasteiger partial charge in [-0.2, -0.15) is 0 Å². The van der Waals surface area contributed by atoms with E-state index in [1.165, 1.54) is 12.1 Å². The molecule has 118 valence electrons. The smallest absolute Gasteiger partial charge is 0.123 e. The summed E-state index contributed by atoms with van der Waals surface area (Å²) in [6.07, 6.45) is 0. The molecule has 1 aromatic rings. The van der Waals surface area contributed by atoms with Crippen LogP contribution < -0.4 is 5.73 Å². The van der Waals surface area contributed by atoms with E-state index in [2.05, 4.69) is 9.80 Å². The summed E-state index contributed by atoms with van der Waals surface area (Å²) in [7, 11) is 0. The van der Waals surface area contributed by atoms with E-state index in [0.717, 1.165) is 43.9 Å². The molecule has 1 aromatic carbocycles. The van der Waals surface area contributed by atoms with Crippen LogP contribution in [0.4, 0.5) is 4.39 Å². The van der Waals surface area contributed by atoms with E-state index >= 15 is 0 Å². The van der Waals surface area contributed by atoms with Crippen molar-refractivity contribution in [3.8, 4) is 0 Å². The predicted octanol–water partition coefficient (Wildman–Crippen LogP) is 1.17. The lowest BCUT2D eigenvalue weighted by molar-refractivity contribution is 0.0166. The Labute approximate surface area is 126 Å². The topological polar surface area (TPSA) is 52.7 Å². The first-order chi connectivity index (χ1) is 9.87. The highest BCUT2D eigenvalue weighted by Crippen LogP contribution is 2.15. The predicted molar refractivity (Wildman–Crippen MR) is 82.3 cm³/mol. The second kappa shape index (κ2) is 6.83. The number of rotatable bonds is 5. The molecule has 0 spiro atoms. The van der Waals surface area contributed by atoms with Crippen molar-refractivity contribution in [2.24, 2.45) is 5.73 Å². The number of aliphatic hydroxyl groups is 1. The lowest BCUT2D eigenvalue weighted by atomic mass is 10.1. The summed E-state index contributed by atoms with van der Waals surface area (Å²) in [5.41, 5.74) is 7.04. The SMILES string of the molecule is CC(C)(O)CN1CCN(Cc2ccc(F)cc2CN)CC1. The minimum absolute atomic E-state index is 0.228. The van der Waals surface area contributed by atoms with Gasteiger partial charge in [-0.15, -0.1) is 0 Å². The zero-order valence-corrected chi connectivity index (χ0v) is 13.0. The first-order valence-electron chi connectivity index (χ1n) is 7.52. The van der Waals surface area contributed by atoms with Crippen LogP contribution in [-0.4, -0.2) is 53.2 Å². The Bertz CT molecular complexity index is 465. The molecule has 3 N–H and O–H groups in total. The van der Waals surface area contributed by atoms with Crippen molar-refractivity contribution in [1.82, 2.24) is 9.80 Å². The quantitative estimate of drug-likeness (QED) is 0.856. The van der Waals surface area contributed by atoms with Crippen molar-refractivity contribution >= 4 is 0 Å². The normalized spacial score (nSPS) is 18.1. The van der Waals surface area contributed by atoms with Gasteiger partial charge in [0.15, 0.2) is 0 Å². The first kappa shape index (κ1) is 16.4. The summed E-state index contributed by atoms with van der Waals surface area (Å²) in [5, 5.41) is 9.86. The molecule has 21 heavy (non-hydrogen) atoms. The number of β-amino-alcohol motifs (C(OH)–C–C–N with tert-alkyl or cyclic N) is 1. The summed E-state index contributed by atoms with van der Waals surface area (Å²) in [5.74, 6) is -0.228. The maximum absolute atomic E-state index is 13.2. The third kappa shape index (κ3) is 5.04. The Morgan fingerprint density at radius 2 is 1.76 bits per heavy atom. The Hall–Kier alpha value is -1.01. The second-order valence-corrected chi connectivity index (χ2v) is 6.48. The molecule has 0 saturated carbocycles. The number of halogens is 1. The monoisotopic (exact) mass is 295 g/mol. The largest absolute Gasteiger partial charge is 0.389 e. The number of benzene rings is 1. The van der Waals surface area contributed by atoms with Gasteiger partial charge in [0.1, 0.15) is 5.82 Å². The first-order valence-corrected chi connectivity index (χ1v) is 7.52. The zero-order valence-electron chi connectivity index (χ0n) is 13.0. The fraction of sp³-hybridized carbons (Fsp3) is 0.625. The van der Waals surface area contributed by atoms with Gasteiger partial charge >= 0.3 is 0 Å². The van der Waals surface area contributed by atoms with Crippen molar-refractivity contribution in [3.63, 3.8) is 0 Å². The van der Waals surface area contributed by atoms with E-state index in [-0.39, 0.29) is 5.82 Å². The lowest BCUT2D eigenvalue weighted by Crippen LogP contribution is -2.50. The fourth-order valence-electron chi connectivity index (χ4n) is 2.83. The number of nitrogens with two attached hydrogens (primary N) is 1. The number of nitrogens with zero attached hydrogens (tertiary/aromatic N) is 2. The molecule has 1 aliphatic heterocycles. The Balaban J connectivity index is 1.89. The molecule has 0 unspecified atom stereocenters. The minimum Gasteiger partial charge on any atom is -0.389 e. The van der Waals surface area contributed by atoms with Crippen molar-refractivity contribution in [2.75, 3.05) is 32.7 Å². The summed E-state index contributed by atoms with van der Waals surface area (Å²) >= 11 is 0. The summed E-state index contributed by atoms with van der Waals surface area (Å²) in [6, 6.07) is 4.86. The molecule has 4 nitrogen and oxygen atoms in total. The number of piperazine rings is 1. The molecule has 0 amide bonds. The van der Waals surface area contributed by atoms with Gasteiger partial charge in [-0.3, -0.25) is 9.80 Å². The van der Waals surface area contributed by atoms with Crippen molar-refractivity contribution < 1.29 is 9.50 Å². The van der Waals surface area contributed by atoms with Crippen LogP contribution in [0.1, 0.15) is 25.0 Å². The van der Waals surface area contributed by atoms with Gasteiger partial charge in [0, 0.05) is 45.8 Å². The van der Waals surface area contributed by atoms with Crippen LogP contribution in [0.15, 0.2) is 18.2 Å². The van der Waals surface area contributed by atoms with Gasteiger partial charge < -0.3 is 10.8 Å². The minimum atomic E-state index is -0.647. The molecule has 1 fully saturated rings. The summed E-state index contributed by atoms with van der Waals surface area (Å²) in [6.45, 7) is 9.36. The Kier molecular flexibility index (Phi) is 5.32. The molecule has 5 heteroatoms. The van der Waals surface area contributed by atoms with Crippen molar-refractivity contribution in [3.05, 3.63) is 35.1 Å². The molecular weight excluding hydrogens is 269 g/mol. The van der Waals surface area contributed by atoms with Gasteiger partial charge in [-0.1, -0.05) is 6.07 Å². The van der Waals surface area contributed by atoms with Gasteiger partial charge in [-0.25, -0.2) is 4.39 Å². The van der Waals surface area contributed by atoms with Crippen LogP contribution in [0, 0.1) is 5.82 Å². The standard InChI is InChI=1S/C16H26FN3O/c1-16(2,21)12-20-7-5-19(6-8-20)11-13-3-4-15(17)9-14(13)10-18/h3-4,9,21H,5-8,10-12,18H2,1-2H3. The number of hydrogen-bond donors (Lipinski definition) is 2. The third-order valence-corrected chi connectivity index (χ3v) is 3.86. The average Bonchev–Trinajstić information content (AvgIpc) is 2.41. The molecule has 0 aliphatic carbocycles. The Morgan fingerprint density at radius 3 is 2.33 bits per heavy atom. The molecule has 0 radical (unpaired) electrons. The fourth-order valence-corrected chi connectivity index (χ4v) is 2.83. The molecule has 0 aromatic heterocycles. The van der Waals surface area contributed by atoms with Crippen LogP contribution in [0.25, 0.3) is 0 Å². The van der Waals surface area contributed by atoms with Crippen LogP contribution in [0.5, 0.6) is 0 Å². The summed E-state index contributed by atoms with van der Waals surface area (Å²) < 4.78 is 13.2.